The summed E-state index contributed by atoms with van der Waals surface area (Å²) in [6.07, 6.45) is -0.482. The minimum atomic E-state index is -0.585. The van der Waals surface area contributed by atoms with Crippen molar-refractivity contribution in [3.05, 3.63) is 29.8 Å². The minimum absolute atomic E-state index is 0.143. The van der Waals surface area contributed by atoms with E-state index in [0.29, 0.717) is 17.9 Å². The molecule has 120 valence electrons. The van der Waals surface area contributed by atoms with Gasteiger partial charge in [0, 0.05) is 6.54 Å². The van der Waals surface area contributed by atoms with E-state index in [1.165, 1.54) is 4.90 Å². The monoisotopic (exact) mass is 306 g/mol. The maximum atomic E-state index is 12.0. The number of aliphatic hydroxyl groups excluding tert-OH is 1. The van der Waals surface area contributed by atoms with Crippen molar-refractivity contribution in [2.45, 2.75) is 26.4 Å². The van der Waals surface area contributed by atoms with Gasteiger partial charge < -0.3 is 19.5 Å². The number of nitrogens with zero attached hydrogens (tertiary/aromatic N) is 2. The molecule has 0 radical (unpaired) electrons. The maximum absolute atomic E-state index is 12.0. The second-order valence-electron chi connectivity index (χ2n) is 5.68. The average Bonchev–Trinajstić information content (AvgIpc) is 2.45. The first-order valence-corrected chi connectivity index (χ1v) is 7.07. The fraction of sp³-hybridized carbons (Fsp3) is 0.500. The van der Waals surface area contributed by atoms with Gasteiger partial charge in [-0.2, -0.15) is 5.26 Å². The van der Waals surface area contributed by atoms with Gasteiger partial charge in [0.2, 0.25) is 0 Å². The number of amides is 1. The van der Waals surface area contributed by atoms with E-state index in [9.17, 15) is 4.79 Å². The van der Waals surface area contributed by atoms with E-state index in [-0.39, 0.29) is 19.8 Å². The van der Waals surface area contributed by atoms with Gasteiger partial charge in [-0.05, 0) is 45.0 Å². The summed E-state index contributed by atoms with van der Waals surface area (Å²) in [6.45, 7) is 5.97. The molecule has 0 bridgehead atoms. The molecule has 0 aliphatic carbocycles. The van der Waals surface area contributed by atoms with Gasteiger partial charge in [-0.25, -0.2) is 4.79 Å². The number of benzene rings is 1. The Labute approximate surface area is 130 Å². The van der Waals surface area contributed by atoms with Gasteiger partial charge in [0.25, 0.3) is 0 Å². The van der Waals surface area contributed by atoms with Gasteiger partial charge >= 0.3 is 6.09 Å². The summed E-state index contributed by atoms with van der Waals surface area (Å²) in [5.74, 6) is 0.618. The average molecular weight is 306 g/mol. The molecule has 6 nitrogen and oxygen atoms in total. The van der Waals surface area contributed by atoms with Crippen molar-refractivity contribution in [2.75, 3.05) is 26.3 Å². The zero-order valence-corrected chi connectivity index (χ0v) is 13.2. The van der Waals surface area contributed by atoms with Crippen LogP contribution in [0.2, 0.25) is 0 Å². The van der Waals surface area contributed by atoms with Crippen molar-refractivity contribution < 1.29 is 19.4 Å². The lowest BCUT2D eigenvalue weighted by molar-refractivity contribution is 0.0194. The SMILES string of the molecule is CC(C)(C)OC(=O)N(CCO)CCOc1ccc(C#N)cc1. The third-order valence-electron chi connectivity index (χ3n) is 2.63. The van der Waals surface area contributed by atoms with Gasteiger partial charge in [0.15, 0.2) is 0 Å². The van der Waals surface area contributed by atoms with Crippen LogP contribution in [0.3, 0.4) is 0 Å². The Balaban J connectivity index is 2.50. The van der Waals surface area contributed by atoms with E-state index in [1.807, 2.05) is 6.07 Å². The highest BCUT2D eigenvalue weighted by atomic mass is 16.6. The number of carbonyl (C=O) groups excluding carboxylic acids is 1. The molecular weight excluding hydrogens is 284 g/mol. The van der Waals surface area contributed by atoms with Gasteiger partial charge in [-0.15, -0.1) is 0 Å². The number of carbonyl (C=O) groups is 1. The first-order chi connectivity index (χ1) is 10.4. The molecule has 1 N–H and O–H groups in total. The molecule has 0 aromatic heterocycles. The minimum Gasteiger partial charge on any atom is -0.492 e. The van der Waals surface area contributed by atoms with Gasteiger partial charge in [-0.1, -0.05) is 0 Å². The standard InChI is InChI=1S/C16H22N2O4/c1-16(2,3)22-15(20)18(8-10-19)9-11-21-14-6-4-13(12-17)5-7-14/h4-7,19H,8-11H2,1-3H3. The topological polar surface area (TPSA) is 82.8 Å². The first kappa shape index (κ1) is 17.8. The van der Waals surface area contributed by atoms with Crippen LogP contribution in [0.5, 0.6) is 5.75 Å². The van der Waals surface area contributed by atoms with Crippen LogP contribution in [0.1, 0.15) is 26.3 Å². The second-order valence-corrected chi connectivity index (χ2v) is 5.68. The molecule has 0 saturated carbocycles. The van der Waals surface area contributed by atoms with Crippen molar-refractivity contribution in [3.8, 4) is 11.8 Å². The van der Waals surface area contributed by atoms with Gasteiger partial charge in [0.05, 0.1) is 24.8 Å². The van der Waals surface area contributed by atoms with Crippen LogP contribution < -0.4 is 4.74 Å². The Morgan fingerprint density at radius 3 is 2.41 bits per heavy atom. The molecule has 1 aromatic carbocycles. The maximum Gasteiger partial charge on any atom is 0.410 e. The van der Waals surface area contributed by atoms with Crippen molar-refractivity contribution >= 4 is 6.09 Å². The van der Waals surface area contributed by atoms with Crippen LogP contribution >= 0.6 is 0 Å². The Kier molecular flexibility index (Phi) is 6.67. The lowest BCUT2D eigenvalue weighted by Gasteiger charge is -2.26. The number of nitriles is 1. The highest BCUT2D eigenvalue weighted by molar-refractivity contribution is 5.68. The van der Waals surface area contributed by atoms with E-state index in [1.54, 1.807) is 45.0 Å². The highest BCUT2D eigenvalue weighted by Gasteiger charge is 2.21. The zero-order valence-electron chi connectivity index (χ0n) is 13.2. The van der Waals surface area contributed by atoms with E-state index >= 15 is 0 Å². The molecule has 0 aliphatic heterocycles. The third-order valence-corrected chi connectivity index (χ3v) is 2.63. The molecule has 0 unspecified atom stereocenters. The molecule has 0 aliphatic rings. The Morgan fingerprint density at radius 2 is 1.91 bits per heavy atom. The Bertz CT molecular complexity index is 514. The number of rotatable bonds is 6. The largest absolute Gasteiger partial charge is 0.492 e. The smallest absolute Gasteiger partial charge is 0.410 e. The highest BCUT2D eigenvalue weighted by Crippen LogP contribution is 2.12. The van der Waals surface area contributed by atoms with E-state index in [4.69, 9.17) is 19.8 Å². The van der Waals surface area contributed by atoms with Crippen molar-refractivity contribution in [1.82, 2.24) is 4.90 Å². The van der Waals surface area contributed by atoms with E-state index in [2.05, 4.69) is 0 Å². The van der Waals surface area contributed by atoms with Crippen molar-refractivity contribution in [1.29, 1.82) is 5.26 Å². The molecule has 0 fully saturated rings. The lowest BCUT2D eigenvalue weighted by atomic mass is 10.2. The van der Waals surface area contributed by atoms with Crippen LogP contribution in [-0.4, -0.2) is 48.0 Å². The summed E-state index contributed by atoms with van der Waals surface area (Å²) in [5, 5.41) is 17.8. The number of hydrogen-bond acceptors (Lipinski definition) is 5. The molecule has 6 heteroatoms. The number of hydrogen-bond donors (Lipinski definition) is 1. The van der Waals surface area contributed by atoms with E-state index in [0.717, 1.165) is 0 Å². The molecule has 0 heterocycles. The molecule has 1 aromatic rings. The predicted octanol–water partition coefficient (Wildman–Crippen LogP) is 2.17. The normalized spacial score (nSPS) is 10.7. The van der Waals surface area contributed by atoms with Gasteiger partial charge in [-0.3, -0.25) is 0 Å². The van der Waals surface area contributed by atoms with Gasteiger partial charge in [0.1, 0.15) is 18.0 Å². The fourth-order valence-corrected chi connectivity index (χ4v) is 1.64. The first-order valence-electron chi connectivity index (χ1n) is 7.07. The Morgan fingerprint density at radius 1 is 1.27 bits per heavy atom. The molecule has 22 heavy (non-hydrogen) atoms. The summed E-state index contributed by atoms with van der Waals surface area (Å²) in [5.41, 5.74) is -0.0262. The van der Waals surface area contributed by atoms with Crippen LogP contribution in [0.15, 0.2) is 24.3 Å². The van der Waals surface area contributed by atoms with Crippen molar-refractivity contribution in [3.63, 3.8) is 0 Å². The fourth-order valence-electron chi connectivity index (χ4n) is 1.64. The zero-order chi connectivity index (χ0) is 16.6. The predicted molar refractivity (Wildman–Crippen MR) is 81.5 cm³/mol. The molecular formula is C16H22N2O4. The van der Waals surface area contributed by atoms with Crippen LogP contribution in [-0.2, 0) is 4.74 Å². The van der Waals surface area contributed by atoms with Crippen LogP contribution in [0.4, 0.5) is 4.79 Å². The summed E-state index contributed by atoms with van der Waals surface area (Å²) in [6, 6.07) is 8.75. The third kappa shape index (κ3) is 6.46. The molecule has 1 amide bonds. The van der Waals surface area contributed by atoms with E-state index < -0.39 is 11.7 Å². The molecule has 0 atom stereocenters. The van der Waals surface area contributed by atoms with Crippen LogP contribution in [0.25, 0.3) is 0 Å². The summed E-state index contributed by atoms with van der Waals surface area (Å²) >= 11 is 0. The second kappa shape index (κ2) is 8.25. The van der Waals surface area contributed by atoms with Crippen LogP contribution in [0, 0.1) is 11.3 Å². The summed E-state index contributed by atoms with van der Waals surface area (Å²) in [7, 11) is 0. The lowest BCUT2D eigenvalue weighted by Crippen LogP contribution is -2.40. The number of ether oxygens (including phenoxy) is 2. The molecule has 0 spiro atoms. The molecule has 0 saturated heterocycles. The summed E-state index contributed by atoms with van der Waals surface area (Å²) < 4.78 is 10.8. The van der Waals surface area contributed by atoms with Crippen molar-refractivity contribution in [2.24, 2.45) is 0 Å². The number of aliphatic hydroxyl groups is 1. The summed E-state index contributed by atoms with van der Waals surface area (Å²) in [4.78, 5) is 13.4. The quantitative estimate of drug-likeness (QED) is 0.871. The molecule has 1 rings (SSSR count). The Hall–Kier alpha value is -2.26.